The van der Waals surface area contributed by atoms with Gasteiger partial charge in [0.25, 0.3) is 5.82 Å². The number of aryl methyl sites for hydroxylation is 1. The van der Waals surface area contributed by atoms with Gasteiger partial charge in [0.2, 0.25) is 0 Å². The van der Waals surface area contributed by atoms with Gasteiger partial charge in [-0.05, 0) is 42.7 Å². The molecule has 0 N–H and O–H groups in total. The second kappa shape index (κ2) is 28.3. The van der Waals surface area contributed by atoms with Crippen LogP contribution in [0.25, 0.3) is 0 Å². The smallest absolute Gasteiger partial charge is 0.234 e. The standard InChI is InChI=1S/C48H79N2/c1-4-6-8-10-12-14-15-16-17-18-19-20-22-23-25-33-39-49-43-47(41-44(3)46-37-31-28-32-38-46)50(48(49)42-45-35-29-27-30-36-45)40-34-26-24-21-13-11-9-7-5-2/h27-32,35-38,43-44H,4-26,33-34,39-42H2,1-3H3/q+1. The number of rotatable bonds is 32. The van der Waals surface area contributed by atoms with Crippen molar-refractivity contribution in [3.05, 3.63) is 89.5 Å². The lowest BCUT2D eigenvalue weighted by atomic mass is 9.96. The number of benzene rings is 2. The second-order valence-corrected chi connectivity index (χ2v) is 15.7. The Kier molecular flexibility index (Phi) is 23.8. The maximum atomic E-state index is 2.75. The van der Waals surface area contributed by atoms with Crippen molar-refractivity contribution in [1.29, 1.82) is 0 Å². The first-order valence-corrected chi connectivity index (χ1v) is 21.9. The normalized spacial score (nSPS) is 12.1. The van der Waals surface area contributed by atoms with Crippen LogP contribution < -0.4 is 4.57 Å². The van der Waals surface area contributed by atoms with Crippen molar-refractivity contribution < 1.29 is 4.57 Å². The molecule has 1 unspecified atom stereocenters. The predicted molar refractivity (Wildman–Crippen MR) is 219 cm³/mol. The van der Waals surface area contributed by atoms with E-state index >= 15 is 0 Å². The Morgan fingerprint density at radius 2 is 0.920 bits per heavy atom. The SMILES string of the molecule is CCCCCCCCCCCCCCCCCCn1cc(CC(C)c2ccccc2)[n+](CCCCCCCCCCC)c1Cc1ccccc1. The number of imidazole rings is 1. The number of hydrogen-bond acceptors (Lipinski definition) is 0. The third kappa shape index (κ3) is 18.2. The van der Waals surface area contributed by atoms with Crippen molar-refractivity contribution in [2.75, 3.05) is 0 Å². The van der Waals surface area contributed by atoms with E-state index in [4.69, 9.17) is 0 Å². The van der Waals surface area contributed by atoms with Crippen LogP contribution in [0.15, 0.2) is 66.9 Å². The lowest BCUT2D eigenvalue weighted by Gasteiger charge is -2.12. The molecule has 50 heavy (non-hydrogen) atoms. The fraction of sp³-hybridized carbons (Fsp3) is 0.688. The number of unbranched alkanes of at least 4 members (excludes halogenated alkanes) is 23. The maximum Gasteiger partial charge on any atom is 0.261 e. The molecule has 2 nitrogen and oxygen atoms in total. The monoisotopic (exact) mass is 684 g/mol. The summed E-state index contributed by atoms with van der Waals surface area (Å²) in [5.41, 5.74) is 4.42. The molecule has 2 heteroatoms. The Hall–Kier alpha value is -2.35. The zero-order valence-corrected chi connectivity index (χ0v) is 33.3. The molecule has 2 aromatic carbocycles. The third-order valence-corrected chi connectivity index (χ3v) is 11.1. The maximum absolute atomic E-state index is 2.75. The third-order valence-electron chi connectivity index (χ3n) is 11.1. The number of hydrogen-bond donors (Lipinski definition) is 0. The highest BCUT2D eigenvalue weighted by atomic mass is 15.2. The van der Waals surface area contributed by atoms with Crippen LogP contribution >= 0.6 is 0 Å². The van der Waals surface area contributed by atoms with Crippen molar-refractivity contribution >= 4 is 0 Å². The Morgan fingerprint density at radius 1 is 0.500 bits per heavy atom. The molecule has 3 rings (SSSR count). The van der Waals surface area contributed by atoms with E-state index in [2.05, 4.69) is 96.8 Å². The van der Waals surface area contributed by atoms with Crippen molar-refractivity contribution in [3.63, 3.8) is 0 Å². The molecule has 0 aliphatic heterocycles. The van der Waals surface area contributed by atoms with Gasteiger partial charge in [0.05, 0.1) is 19.5 Å². The first-order valence-electron chi connectivity index (χ1n) is 21.9. The molecule has 0 amide bonds. The topological polar surface area (TPSA) is 8.81 Å². The fourth-order valence-electron chi connectivity index (χ4n) is 7.87. The summed E-state index contributed by atoms with van der Waals surface area (Å²) >= 11 is 0. The largest absolute Gasteiger partial charge is 0.261 e. The van der Waals surface area contributed by atoms with E-state index < -0.39 is 0 Å². The number of nitrogens with zero attached hydrogens (tertiary/aromatic N) is 2. The van der Waals surface area contributed by atoms with E-state index in [-0.39, 0.29) is 0 Å². The summed E-state index contributed by atoms with van der Waals surface area (Å²) in [5.74, 6) is 2.04. The summed E-state index contributed by atoms with van der Waals surface area (Å²) in [6, 6.07) is 22.4. The van der Waals surface area contributed by atoms with Gasteiger partial charge in [-0.3, -0.25) is 0 Å². The van der Waals surface area contributed by atoms with Crippen LogP contribution in [-0.4, -0.2) is 4.57 Å². The molecule has 1 heterocycles. The van der Waals surface area contributed by atoms with Gasteiger partial charge >= 0.3 is 0 Å². The zero-order chi connectivity index (χ0) is 35.3. The second-order valence-electron chi connectivity index (χ2n) is 15.7. The molecule has 0 saturated heterocycles. The summed E-state index contributed by atoms with van der Waals surface area (Å²) in [5, 5.41) is 0. The Balaban J connectivity index is 1.51. The van der Waals surface area contributed by atoms with E-state index in [1.54, 1.807) is 0 Å². The van der Waals surface area contributed by atoms with Crippen LogP contribution in [0.5, 0.6) is 0 Å². The lowest BCUT2D eigenvalue weighted by molar-refractivity contribution is -0.710. The lowest BCUT2D eigenvalue weighted by Crippen LogP contribution is -2.41. The molecule has 0 radical (unpaired) electrons. The Labute approximate surface area is 310 Å². The van der Waals surface area contributed by atoms with Crippen LogP contribution in [0, 0.1) is 0 Å². The van der Waals surface area contributed by atoms with Crippen LogP contribution in [0.2, 0.25) is 0 Å². The van der Waals surface area contributed by atoms with Gasteiger partial charge in [0, 0.05) is 6.42 Å². The van der Waals surface area contributed by atoms with E-state index in [9.17, 15) is 0 Å². The molecule has 0 aliphatic carbocycles. The van der Waals surface area contributed by atoms with Crippen LogP contribution in [0.3, 0.4) is 0 Å². The molecule has 1 atom stereocenters. The van der Waals surface area contributed by atoms with Gasteiger partial charge in [0.15, 0.2) is 0 Å². The van der Waals surface area contributed by atoms with E-state index in [1.807, 2.05) is 0 Å². The minimum atomic E-state index is 0.515. The van der Waals surface area contributed by atoms with Crippen molar-refractivity contribution in [3.8, 4) is 0 Å². The fourth-order valence-corrected chi connectivity index (χ4v) is 7.87. The van der Waals surface area contributed by atoms with Crippen LogP contribution in [0.4, 0.5) is 0 Å². The molecule has 0 saturated carbocycles. The highest BCUT2D eigenvalue weighted by Gasteiger charge is 2.25. The van der Waals surface area contributed by atoms with Crippen LogP contribution in [0.1, 0.15) is 210 Å². The van der Waals surface area contributed by atoms with E-state index in [0.29, 0.717) is 5.92 Å². The van der Waals surface area contributed by atoms with Gasteiger partial charge in [-0.2, -0.15) is 0 Å². The quantitative estimate of drug-likeness (QED) is 0.0457. The highest BCUT2D eigenvalue weighted by Crippen LogP contribution is 2.22. The summed E-state index contributed by atoms with van der Waals surface area (Å²) in [6.07, 6.45) is 39.9. The molecule has 0 aliphatic rings. The van der Waals surface area contributed by atoms with Gasteiger partial charge in [-0.1, -0.05) is 216 Å². The summed E-state index contributed by atoms with van der Waals surface area (Å²) in [4.78, 5) is 0. The molecule has 0 spiro atoms. The minimum absolute atomic E-state index is 0.515. The van der Waals surface area contributed by atoms with Crippen molar-refractivity contribution in [2.45, 2.75) is 213 Å². The van der Waals surface area contributed by atoms with Crippen LogP contribution in [-0.2, 0) is 25.9 Å². The first-order chi connectivity index (χ1) is 24.7. The zero-order valence-electron chi connectivity index (χ0n) is 33.3. The average molecular weight is 684 g/mol. The number of aromatic nitrogens is 2. The van der Waals surface area contributed by atoms with Crippen molar-refractivity contribution in [1.82, 2.24) is 4.57 Å². The molecule has 0 fully saturated rings. The van der Waals surface area contributed by atoms with E-state index in [0.717, 1.165) is 25.9 Å². The van der Waals surface area contributed by atoms with Gasteiger partial charge < -0.3 is 0 Å². The molecular formula is C48H79N2+. The van der Waals surface area contributed by atoms with E-state index in [1.165, 1.54) is 183 Å². The Morgan fingerprint density at radius 3 is 1.40 bits per heavy atom. The predicted octanol–water partition coefficient (Wildman–Crippen LogP) is 14.5. The summed E-state index contributed by atoms with van der Waals surface area (Å²) < 4.78 is 5.41. The summed E-state index contributed by atoms with van der Waals surface area (Å²) in [6.45, 7) is 9.34. The molecule has 3 aromatic rings. The highest BCUT2D eigenvalue weighted by molar-refractivity contribution is 5.21. The average Bonchev–Trinajstić information content (AvgIpc) is 3.45. The van der Waals surface area contributed by atoms with Gasteiger partial charge in [0.1, 0.15) is 11.9 Å². The molecule has 280 valence electrons. The Bertz CT molecular complexity index is 1180. The first kappa shape index (κ1) is 42.1. The van der Waals surface area contributed by atoms with Gasteiger partial charge in [-0.25, -0.2) is 9.13 Å². The van der Waals surface area contributed by atoms with Crippen molar-refractivity contribution in [2.24, 2.45) is 0 Å². The molecular weight excluding hydrogens is 605 g/mol. The minimum Gasteiger partial charge on any atom is -0.234 e. The molecule has 0 bridgehead atoms. The summed E-state index contributed by atoms with van der Waals surface area (Å²) in [7, 11) is 0. The van der Waals surface area contributed by atoms with Gasteiger partial charge in [-0.15, -0.1) is 0 Å². The molecule has 1 aromatic heterocycles.